The number of piperazine rings is 1. The minimum absolute atomic E-state index is 0.185. The van der Waals surface area contributed by atoms with Crippen LogP contribution in [0, 0.1) is 0 Å². The molecule has 27 heavy (non-hydrogen) atoms. The van der Waals surface area contributed by atoms with Crippen molar-refractivity contribution in [3.05, 3.63) is 57.6 Å². The van der Waals surface area contributed by atoms with Gasteiger partial charge in [0.1, 0.15) is 0 Å². The van der Waals surface area contributed by atoms with Gasteiger partial charge >= 0.3 is 10.2 Å². The van der Waals surface area contributed by atoms with Crippen LogP contribution in [0.15, 0.2) is 36.4 Å². The van der Waals surface area contributed by atoms with E-state index in [0.29, 0.717) is 15.7 Å². The summed E-state index contributed by atoms with van der Waals surface area (Å²) in [5, 5.41) is 4.20. The van der Waals surface area contributed by atoms with Crippen LogP contribution in [0.5, 0.6) is 0 Å². The molecule has 2 aliphatic heterocycles. The highest BCUT2D eigenvalue weighted by molar-refractivity contribution is 7.90. The number of nitrogens with one attached hydrogen (secondary N) is 2. The van der Waals surface area contributed by atoms with Gasteiger partial charge in [-0.2, -0.15) is 13.1 Å². The highest BCUT2D eigenvalue weighted by Crippen LogP contribution is 2.36. The van der Waals surface area contributed by atoms with Crippen LogP contribution in [-0.2, 0) is 23.3 Å². The van der Waals surface area contributed by atoms with Crippen molar-refractivity contribution < 1.29 is 8.42 Å². The number of fused-ring (bicyclic) bond motifs is 1. The van der Waals surface area contributed by atoms with E-state index in [2.05, 4.69) is 21.0 Å². The quantitative estimate of drug-likeness (QED) is 0.791. The molecule has 0 unspecified atom stereocenters. The SMILES string of the molecule is O=S1(=O)NCc2c(N3CCNCC3)cccc2N1Cc1ccc(Cl)c(Cl)c1. The van der Waals surface area contributed by atoms with E-state index in [-0.39, 0.29) is 13.1 Å². The summed E-state index contributed by atoms with van der Waals surface area (Å²) in [6.07, 6.45) is 0. The molecule has 6 nitrogen and oxygen atoms in total. The molecule has 4 rings (SSSR count). The van der Waals surface area contributed by atoms with Crippen molar-refractivity contribution in [2.45, 2.75) is 13.1 Å². The standard InChI is InChI=1S/C18H20Cl2N4O2S/c19-15-5-4-13(10-16(15)20)12-24-18-3-1-2-17(23-8-6-21-7-9-23)14(18)11-22-27(24,25)26/h1-5,10,21-22H,6-9,11-12H2. The predicted octanol–water partition coefficient (Wildman–Crippen LogP) is 2.76. The summed E-state index contributed by atoms with van der Waals surface area (Å²) in [6.45, 7) is 4.11. The fourth-order valence-electron chi connectivity index (χ4n) is 3.52. The zero-order chi connectivity index (χ0) is 19.0. The Bertz CT molecular complexity index is 962. The summed E-state index contributed by atoms with van der Waals surface area (Å²) >= 11 is 12.1. The van der Waals surface area contributed by atoms with Gasteiger partial charge in [-0.05, 0) is 29.8 Å². The van der Waals surface area contributed by atoms with Gasteiger partial charge in [0.25, 0.3) is 0 Å². The van der Waals surface area contributed by atoms with E-state index in [9.17, 15) is 8.42 Å². The van der Waals surface area contributed by atoms with Crippen molar-refractivity contribution >= 4 is 44.8 Å². The van der Waals surface area contributed by atoms with Crippen molar-refractivity contribution in [1.82, 2.24) is 10.0 Å². The smallest absolute Gasteiger partial charge is 0.302 e. The average molecular weight is 427 g/mol. The molecule has 0 spiro atoms. The number of nitrogens with zero attached hydrogens (tertiary/aromatic N) is 2. The van der Waals surface area contributed by atoms with Crippen LogP contribution in [0.1, 0.15) is 11.1 Å². The Balaban J connectivity index is 1.73. The third kappa shape index (κ3) is 3.75. The Labute approximate surface area is 169 Å². The van der Waals surface area contributed by atoms with Crippen LogP contribution in [0.4, 0.5) is 11.4 Å². The first-order valence-corrected chi connectivity index (χ1v) is 10.9. The molecule has 0 radical (unpaired) electrons. The number of rotatable bonds is 3. The van der Waals surface area contributed by atoms with Gasteiger partial charge in [0.2, 0.25) is 0 Å². The molecule has 1 fully saturated rings. The largest absolute Gasteiger partial charge is 0.369 e. The molecule has 0 aromatic heterocycles. The molecule has 2 heterocycles. The molecule has 2 N–H and O–H groups in total. The first-order valence-electron chi connectivity index (χ1n) is 8.74. The Morgan fingerprint density at radius 3 is 2.48 bits per heavy atom. The van der Waals surface area contributed by atoms with E-state index in [1.807, 2.05) is 12.1 Å². The van der Waals surface area contributed by atoms with E-state index in [4.69, 9.17) is 23.2 Å². The van der Waals surface area contributed by atoms with Gasteiger partial charge in [-0.1, -0.05) is 35.3 Å². The Morgan fingerprint density at radius 2 is 1.74 bits per heavy atom. The maximum Gasteiger partial charge on any atom is 0.302 e. The monoisotopic (exact) mass is 426 g/mol. The molecule has 0 saturated carbocycles. The van der Waals surface area contributed by atoms with Gasteiger partial charge in [-0.25, -0.2) is 0 Å². The minimum Gasteiger partial charge on any atom is -0.369 e. The van der Waals surface area contributed by atoms with Crippen LogP contribution in [0.25, 0.3) is 0 Å². The molecule has 2 aromatic rings. The number of halogens is 2. The molecule has 0 amide bonds. The molecular formula is C18H20Cl2N4O2S. The van der Waals surface area contributed by atoms with Crippen molar-refractivity contribution in [3.63, 3.8) is 0 Å². The van der Waals surface area contributed by atoms with Gasteiger partial charge in [0.15, 0.2) is 0 Å². The summed E-state index contributed by atoms with van der Waals surface area (Å²) in [5.41, 5.74) is 3.55. The number of hydrogen-bond acceptors (Lipinski definition) is 4. The molecule has 0 aliphatic carbocycles. The second kappa shape index (κ2) is 7.48. The molecule has 2 aromatic carbocycles. The highest BCUT2D eigenvalue weighted by atomic mass is 35.5. The zero-order valence-electron chi connectivity index (χ0n) is 14.6. The lowest BCUT2D eigenvalue weighted by Crippen LogP contribution is -2.47. The topological polar surface area (TPSA) is 64.7 Å². The van der Waals surface area contributed by atoms with E-state index >= 15 is 0 Å². The average Bonchev–Trinajstić information content (AvgIpc) is 2.67. The summed E-state index contributed by atoms with van der Waals surface area (Å²) in [6, 6.07) is 11.0. The van der Waals surface area contributed by atoms with Gasteiger partial charge in [0, 0.05) is 44.0 Å². The number of benzene rings is 2. The first-order chi connectivity index (χ1) is 13.0. The lowest BCUT2D eigenvalue weighted by Gasteiger charge is -2.36. The maximum atomic E-state index is 12.7. The molecular weight excluding hydrogens is 407 g/mol. The molecule has 9 heteroatoms. The van der Waals surface area contributed by atoms with Crippen LogP contribution < -0.4 is 19.2 Å². The summed E-state index contributed by atoms with van der Waals surface area (Å²) in [7, 11) is -3.63. The van der Waals surface area contributed by atoms with Crippen LogP contribution in [0.3, 0.4) is 0 Å². The summed E-state index contributed by atoms with van der Waals surface area (Å²) in [5.74, 6) is 0. The van der Waals surface area contributed by atoms with Gasteiger partial charge in [-0.15, -0.1) is 0 Å². The highest BCUT2D eigenvalue weighted by Gasteiger charge is 2.32. The van der Waals surface area contributed by atoms with Gasteiger partial charge in [-0.3, -0.25) is 4.31 Å². The van der Waals surface area contributed by atoms with Gasteiger partial charge in [0.05, 0.1) is 22.3 Å². The zero-order valence-corrected chi connectivity index (χ0v) is 16.9. The van der Waals surface area contributed by atoms with Crippen molar-refractivity contribution in [1.29, 1.82) is 0 Å². The lowest BCUT2D eigenvalue weighted by molar-refractivity contribution is 0.568. The minimum atomic E-state index is -3.63. The second-order valence-corrected chi connectivity index (χ2v) is 9.09. The molecule has 2 aliphatic rings. The van der Waals surface area contributed by atoms with Crippen LogP contribution in [0.2, 0.25) is 10.0 Å². The third-order valence-electron chi connectivity index (χ3n) is 4.88. The van der Waals surface area contributed by atoms with E-state index in [1.54, 1.807) is 18.2 Å². The molecule has 144 valence electrons. The second-order valence-electron chi connectivity index (χ2n) is 6.59. The van der Waals surface area contributed by atoms with Crippen LogP contribution in [-0.4, -0.2) is 34.6 Å². The molecule has 1 saturated heterocycles. The maximum absolute atomic E-state index is 12.7. The summed E-state index contributed by atoms with van der Waals surface area (Å²) in [4.78, 5) is 2.30. The van der Waals surface area contributed by atoms with Crippen molar-refractivity contribution in [2.75, 3.05) is 35.4 Å². The number of anilines is 2. The fraction of sp³-hybridized carbons (Fsp3) is 0.333. The fourth-order valence-corrected chi connectivity index (χ4v) is 5.08. The van der Waals surface area contributed by atoms with E-state index in [1.165, 1.54) is 4.31 Å². The van der Waals surface area contributed by atoms with E-state index < -0.39 is 10.2 Å². The summed E-state index contributed by atoms with van der Waals surface area (Å²) < 4.78 is 29.5. The number of hydrogen-bond donors (Lipinski definition) is 2. The Hall–Kier alpha value is -1.51. The Kier molecular flexibility index (Phi) is 5.22. The normalized spacial score (nSPS) is 19.0. The van der Waals surface area contributed by atoms with Crippen molar-refractivity contribution in [2.24, 2.45) is 0 Å². The lowest BCUT2D eigenvalue weighted by atomic mass is 10.1. The van der Waals surface area contributed by atoms with E-state index in [0.717, 1.165) is 43.0 Å². The molecule has 0 bridgehead atoms. The Morgan fingerprint density at radius 1 is 1.00 bits per heavy atom. The van der Waals surface area contributed by atoms with Crippen molar-refractivity contribution in [3.8, 4) is 0 Å². The van der Waals surface area contributed by atoms with Gasteiger partial charge < -0.3 is 10.2 Å². The molecule has 0 atom stereocenters. The third-order valence-corrected chi connectivity index (χ3v) is 7.04. The predicted molar refractivity (Wildman–Crippen MR) is 110 cm³/mol. The van der Waals surface area contributed by atoms with Crippen LogP contribution >= 0.6 is 23.2 Å². The first kappa shape index (κ1) is 18.8.